The quantitative estimate of drug-likeness (QED) is 0.506. The molecule has 4 rings (SSSR count). The summed E-state index contributed by atoms with van der Waals surface area (Å²) in [4.78, 5) is 12.2. The van der Waals surface area contributed by atoms with Crippen molar-refractivity contribution >= 4 is 5.91 Å². The first kappa shape index (κ1) is 18.7. The zero-order chi connectivity index (χ0) is 19.9. The SMILES string of the molecule is O=C(CCc1cnn(-c2ccccc2)c1)NCCc1cnn(-c2ccccc2)c1. The van der Waals surface area contributed by atoms with Gasteiger partial charge in [0.05, 0.1) is 23.8 Å². The zero-order valence-electron chi connectivity index (χ0n) is 16.1. The zero-order valence-corrected chi connectivity index (χ0v) is 16.1. The molecule has 0 aliphatic rings. The molecule has 6 nitrogen and oxygen atoms in total. The molecule has 2 heterocycles. The summed E-state index contributed by atoms with van der Waals surface area (Å²) in [6.45, 7) is 0.600. The van der Waals surface area contributed by atoms with Gasteiger partial charge in [-0.25, -0.2) is 9.36 Å². The number of rotatable bonds is 8. The Kier molecular flexibility index (Phi) is 5.81. The predicted molar refractivity (Wildman–Crippen MR) is 112 cm³/mol. The Morgan fingerprint density at radius 1 is 0.759 bits per heavy atom. The topological polar surface area (TPSA) is 64.7 Å². The smallest absolute Gasteiger partial charge is 0.220 e. The van der Waals surface area contributed by atoms with Crippen molar-refractivity contribution in [2.24, 2.45) is 0 Å². The summed E-state index contributed by atoms with van der Waals surface area (Å²) < 4.78 is 3.68. The van der Waals surface area contributed by atoms with E-state index >= 15 is 0 Å². The molecule has 4 aromatic rings. The lowest BCUT2D eigenvalue weighted by molar-refractivity contribution is -0.121. The fourth-order valence-corrected chi connectivity index (χ4v) is 3.11. The monoisotopic (exact) mass is 385 g/mol. The number of hydrogen-bond acceptors (Lipinski definition) is 3. The molecule has 0 saturated heterocycles. The van der Waals surface area contributed by atoms with Crippen LogP contribution in [0.15, 0.2) is 85.5 Å². The van der Waals surface area contributed by atoms with Crippen LogP contribution in [0.1, 0.15) is 17.5 Å². The average molecular weight is 385 g/mol. The Balaban J connectivity index is 1.21. The third-order valence-corrected chi connectivity index (χ3v) is 4.69. The molecule has 29 heavy (non-hydrogen) atoms. The molecule has 0 atom stereocenters. The summed E-state index contributed by atoms with van der Waals surface area (Å²) in [7, 11) is 0. The molecule has 0 unspecified atom stereocenters. The molecule has 1 N–H and O–H groups in total. The molecule has 0 radical (unpaired) electrons. The number of nitrogens with zero attached hydrogens (tertiary/aromatic N) is 4. The van der Waals surface area contributed by atoms with Gasteiger partial charge in [-0.2, -0.15) is 10.2 Å². The highest BCUT2D eigenvalue weighted by Gasteiger charge is 2.06. The molecule has 0 aliphatic carbocycles. The maximum atomic E-state index is 12.2. The van der Waals surface area contributed by atoms with Crippen LogP contribution in [0.2, 0.25) is 0 Å². The first-order valence-electron chi connectivity index (χ1n) is 9.72. The summed E-state index contributed by atoms with van der Waals surface area (Å²) in [5.41, 5.74) is 4.18. The van der Waals surface area contributed by atoms with Crippen LogP contribution < -0.4 is 5.32 Å². The lowest BCUT2D eigenvalue weighted by atomic mass is 10.2. The van der Waals surface area contributed by atoms with Gasteiger partial charge in [0.1, 0.15) is 0 Å². The fraction of sp³-hybridized carbons (Fsp3) is 0.174. The van der Waals surface area contributed by atoms with Crippen molar-refractivity contribution in [1.29, 1.82) is 0 Å². The number of aromatic nitrogens is 4. The number of aryl methyl sites for hydroxylation is 1. The molecule has 0 spiro atoms. The van der Waals surface area contributed by atoms with Gasteiger partial charge in [-0.3, -0.25) is 4.79 Å². The number of hydrogen-bond donors (Lipinski definition) is 1. The first-order valence-corrected chi connectivity index (χ1v) is 9.72. The normalized spacial score (nSPS) is 10.8. The van der Waals surface area contributed by atoms with E-state index < -0.39 is 0 Å². The molecule has 146 valence electrons. The Hall–Kier alpha value is -3.67. The predicted octanol–water partition coefficient (Wildman–Crippen LogP) is 3.35. The lowest BCUT2D eigenvalue weighted by Crippen LogP contribution is -2.25. The number of nitrogens with one attached hydrogen (secondary N) is 1. The second-order valence-electron chi connectivity index (χ2n) is 6.86. The van der Waals surface area contributed by atoms with E-state index in [-0.39, 0.29) is 5.91 Å². The Morgan fingerprint density at radius 2 is 1.28 bits per heavy atom. The van der Waals surface area contributed by atoms with Gasteiger partial charge in [-0.1, -0.05) is 36.4 Å². The number of amides is 1. The van der Waals surface area contributed by atoms with Crippen LogP contribution in [0.4, 0.5) is 0 Å². The largest absolute Gasteiger partial charge is 0.356 e. The van der Waals surface area contributed by atoms with Crippen molar-refractivity contribution in [3.05, 3.63) is 96.6 Å². The second kappa shape index (κ2) is 9.01. The van der Waals surface area contributed by atoms with Gasteiger partial charge in [-0.15, -0.1) is 0 Å². The van der Waals surface area contributed by atoms with Crippen LogP contribution >= 0.6 is 0 Å². The van der Waals surface area contributed by atoms with Gasteiger partial charge < -0.3 is 5.32 Å². The molecular formula is C23H23N5O. The van der Waals surface area contributed by atoms with E-state index in [1.165, 1.54) is 0 Å². The average Bonchev–Trinajstić information content (AvgIpc) is 3.44. The minimum Gasteiger partial charge on any atom is -0.356 e. The van der Waals surface area contributed by atoms with E-state index in [9.17, 15) is 4.79 Å². The van der Waals surface area contributed by atoms with Crippen LogP contribution in [0.25, 0.3) is 11.4 Å². The highest BCUT2D eigenvalue weighted by atomic mass is 16.1. The van der Waals surface area contributed by atoms with E-state index in [1.807, 2.05) is 94.8 Å². The van der Waals surface area contributed by atoms with Gasteiger partial charge in [0.15, 0.2) is 0 Å². The molecule has 0 fully saturated rings. The number of carbonyl (C=O) groups is 1. The van der Waals surface area contributed by atoms with Crippen LogP contribution in [0.3, 0.4) is 0 Å². The van der Waals surface area contributed by atoms with E-state index in [0.29, 0.717) is 19.4 Å². The van der Waals surface area contributed by atoms with E-state index in [2.05, 4.69) is 15.5 Å². The summed E-state index contributed by atoms with van der Waals surface area (Å²) in [5, 5.41) is 11.7. The van der Waals surface area contributed by atoms with Gasteiger partial charge in [-0.05, 0) is 48.2 Å². The van der Waals surface area contributed by atoms with Gasteiger partial charge in [0.25, 0.3) is 0 Å². The molecule has 1 amide bonds. The molecule has 0 bridgehead atoms. The summed E-state index contributed by atoms with van der Waals surface area (Å²) in [6, 6.07) is 19.9. The van der Waals surface area contributed by atoms with E-state index in [1.54, 1.807) is 0 Å². The van der Waals surface area contributed by atoms with Crippen molar-refractivity contribution in [2.75, 3.05) is 6.54 Å². The van der Waals surface area contributed by atoms with Gasteiger partial charge >= 0.3 is 0 Å². The van der Waals surface area contributed by atoms with Crippen molar-refractivity contribution in [3.8, 4) is 11.4 Å². The van der Waals surface area contributed by atoms with Crippen LogP contribution in [0.5, 0.6) is 0 Å². The highest BCUT2D eigenvalue weighted by Crippen LogP contribution is 2.10. The van der Waals surface area contributed by atoms with Gasteiger partial charge in [0, 0.05) is 25.4 Å². The molecule has 6 heteroatoms. The van der Waals surface area contributed by atoms with E-state index in [0.717, 1.165) is 28.9 Å². The summed E-state index contributed by atoms with van der Waals surface area (Å²) >= 11 is 0. The first-order chi connectivity index (χ1) is 14.3. The molecule has 0 aliphatic heterocycles. The summed E-state index contributed by atoms with van der Waals surface area (Å²) in [5.74, 6) is 0.0490. The minimum absolute atomic E-state index is 0.0490. The Labute approximate surface area is 169 Å². The number of para-hydroxylation sites is 2. The fourth-order valence-electron chi connectivity index (χ4n) is 3.11. The maximum Gasteiger partial charge on any atom is 0.220 e. The van der Waals surface area contributed by atoms with Crippen molar-refractivity contribution < 1.29 is 4.79 Å². The molecular weight excluding hydrogens is 362 g/mol. The third-order valence-electron chi connectivity index (χ3n) is 4.69. The Bertz CT molecular complexity index is 1050. The number of benzene rings is 2. The highest BCUT2D eigenvalue weighted by molar-refractivity contribution is 5.76. The second-order valence-corrected chi connectivity index (χ2v) is 6.86. The maximum absolute atomic E-state index is 12.2. The van der Waals surface area contributed by atoms with Crippen molar-refractivity contribution in [1.82, 2.24) is 24.9 Å². The van der Waals surface area contributed by atoms with Crippen LogP contribution in [-0.2, 0) is 17.6 Å². The van der Waals surface area contributed by atoms with Crippen molar-refractivity contribution in [3.63, 3.8) is 0 Å². The van der Waals surface area contributed by atoms with Crippen molar-refractivity contribution in [2.45, 2.75) is 19.3 Å². The molecule has 2 aromatic carbocycles. The standard InChI is InChI=1S/C23H23N5O/c29-23(12-11-19-15-25-27(17-19)21-7-3-1-4-8-21)24-14-13-20-16-26-28(18-20)22-9-5-2-6-10-22/h1-10,15-18H,11-14H2,(H,24,29). The summed E-state index contributed by atoms with van der Waals surface area (Å²) in [6.07, 6.45) is 9.51. The lowest BCUT2D eigenvalue weighted by Gasteiger charge is -2.03. The Morgan fingerprint density at radius 3 is 1.83 bits per heavy atom. The van der Waals surface area contributed by atoms with Crippen LogP contribution in [0, 0.1) is 0 Å². The van der Waals surface area contributed by atoms with Gasteiger partial charge in [0.2, 0.25) is 5.91 Å². The molecule has 0 saturated carbocycles. The number of carbonyl (C=O) groups excluding carboxylic acids is 1. The van der Waals surface area contributed by atoms with Crippen LogP contribution in [-0.4, -0.2) is 32.0 Å². The molecule has 2 aromatic heterocycles. The van der Waals surface area contributed by atoms with E-state index in [4.69, 9.17) is 0 Å². The minimum atomic E-state index is 0.0490. The third kappa shape index (κ3) is 4.99.